The molecule has 5 aromatic rings. The van der Waals surface area contributed by atoms with Gasteiger partial charge in [-0.15, -0.1) is 0 Å². The van der Waals surface area contributed by atoms with E-state index in [0.717, 1.165) is 11.1 Å². The molecule has 2 amide bonds. The molecule has 7 heteroatoms. The van der Waals surface area contributed by atoms with E-state index in [0.29, 0.717) is 33.4 Å². The van der Waals surface area contributed by atoms with Crippen LogP contribution in [0.15, 0.2) is 95.5 Å². The normalized spacial score (nSPS) is 11.4. The average molecular weight is 508 g/mol. The Morgan fingerprint density at radius 3 is 2.29 bits per heavy atom. The van der Waals surface area contributed by atoms with Crippen molar-refractivity contribution in [3.05, 3.63) is 114 Å². The lowest BCUT2D eigenvalue weighted by molar-refractivity contribution is 0.0910. The third-order valence-corrected chi connectivity index (χ3v) is 6.49. The van der Waals surface area contributed by atoms with E-state index in [9.17, 15) is 14.0 Å². The first-order chi connectivity index (χ1) is 18.3. The highest BCUT2D eigenvalue weighted by atomic mass is 19.1. The van der Waals surface area contributed by atoms with Crippen LogP contribution in [0.2, 0.25) is 0 Å². The molecule has 0 aliphatic carbocycles. The van der Waals surface area contributed by atoms with Gasteiger partial charge < -0.3 is 15.1 Å². The maximum absolute atomic E-state index is 13.5. The molecule has 0 unspecified atom stereocenters. The number of halogens is 1. The van der Waals surface area contributed by atoms with E-state index >= 15 is 0 Å². The molecule has 2 aromatic heterocycles. The Labute approximate surface area is 219 Å². The molecule has 3 aromatic carbocycles. The van der Waals surface area contributed by atoms with E-state index in [2.05, 4.69) is 15.6 Å². The van der Waals surface area contributed by atoms with Gasteiger partial charge in [-0.3, -0.25) is 9.59 Å². The quantitative estimate of drug-likeness (QED) is 0.281. The van der Waals surface area contributed by atoms with Crippen LogP contribution in [0.25, 0.3) is 33.6 Å². The molecule has 0 saturated heterocycles. The molecule has 0 bridgehead atoms. The van der Waals surface area contributed by atoms with E-state index in [-0.39, 0.29) is 23.3 Å². The highest BCUT2D eigenvalue weighted by Gasteiger charge is 2.25. The van der Waals surface area contributed by atoms with Crippen molar-refractivity contribution in [2.24, 2.45) is 0 Å². The van der Waals surface area contributed by atoms with Crippen molar-refractivity contribution in [1.82, 2.24) is 15.6 Å². The second-order valence-corrected chi connectivity index (χ2v) is 9.49. The Hall–Kier alpha value is -4.78. The highest BCUT2D eigenvalue weighted by Crippen LogP contribution is 2.35. The van der Waals surface area contributed by atoms with E-state index in [1.807, 2.05) is 62.4 Å². The van der Waals surface area contributed by atoms with Crippen molar-refractivity contribution < 1.29 is 18.4 Å². The molecule has 190 valence electrons. The highest BCUT2D eigenvalue weighted by molar-refractivity contribution is 6.11. The largest absolute Gasteiger partial charge is 0.437 e. The molecular weight excluding hydrogens is 481 g/mol. The number of hydrogen-bond donors (Lipinski definition) is 2. The van der Waals surface area contributed by atoms with Crippen molar-refractivity contribution in [2.75, 3.05) is 7.05 Å². The standard InChI is InChI=1S/C31H26FN3O3/c1-31(2,23-10-5-4-6-11-23)35-28(36)21-9-7-8-20(16-21)22-17-25-26(29(37)33-3)27(38-30(25)34-18-22)19-12-14-24(32)15-13-19/h4-18H,1-3H3,(H,33,37)(H,35,36). The smallest absolute Gasteiger partial charge is 0.255 e. The van der Waals surface area contributed by atoms with E-state index in [1.165, 1.54) is 19.2 Å². The first-order valence-electron chi connectivity index (χ1n) is 12.2. The van der Waals surface area contributed by atoms with Gasteiger partial charge in [-0.2, -0.15) is 0 Å². The van der Waals surface area contributed by atoms with Gasteiger partial charge in [0.05, 0.1) is 16.5 Å². The molecule has 2 heterocycles. The molecule has 38 heavy (non-hydrogen) atoms. The maximum Gasteiger partial charge on any atom is 0.255 e. The molecule has 0 saturated carbocycles. The minimum Gasteiger partial charge on any atom is -0.437 e. The number of pyridine rings is 1. The van der Waals surface area contributed by atoms with Crippen molar-refractivity contribution in [3.63, 3.8) is 0 Å². The molecule has 6 nitrogen and oxygen atoms in total. The van der Waals surface area contributed by atoms with Gasteiger partial charge in [-0.1, -0.05) is 42.5 Å². The van der Waals surface area contributed by atoms with Crippen LogP contribution in [0.1, 0.15) is 40.1 Å². The topological polar surface area (TPSA) is 84.2 Å². The van der Waals surface area contributed by atoms with Gasteiger partial charge in [-0.25, -0.2) is 9.37 Å². The fourth-order valence-electron chi connectivity index (χ4n) is 4.42. The molecule has 2 N–H and O–H groups in total. The zero-order chi connectivity index (χ0) is 26.9. The van der Waals surface area contributed by atoms with Crippen LogP contribution < -0.4 is 10.6 Å². The Bertz CT molecular complexity index is 1640. The number of fused-ring (bicyclic) bond motifs is 1. The van der Waals surface area contributed by atoms with E-state index in [4.69, 9.17) is 4.42 Å². The summed E-state index contributed by atoms with van der Waals surface area (Å²) < 4.78 is 19.4. The van der Waals surface area contributed by atoms with Gasteiger partial charge in [0.2, 0.25) is 5.71 Å². The summed E-state index contributed by atoms with van der Waals surface area (Å²) in [7, 11) is 1.53. The van der Waals surface area contributed by atoms with Crippen LogP contribution in [-0.2, 0) is 5.54 Å². The Kier molecular flexibility index (Phi) is 6.51. The molecule has 0 radical (unpaired) electrons. The number of rotatable bonds is 6. The SMILES string of the molecule is CNC(=O)c1c(-c2ccc(F)cc2)oc2ncc(-c3cccc(C(=O)NC(C)(C)c4ccccc4)c3)cc12. The fraction of sp³-hybridized carbons (Fsp3) is 0.129. The molecule has 0 aliphatic heterocycles. The molecular formula is C31H26FN3O3. The number of carbonyl (C=O) groups excluding carboxylic acids is 2. The number of nitrogens with zero attached hydrogens (tertiary/aromatic N) is 1. The molecule has 0 spiro atoms. The summed E-state index contributed by atoms with van der Waals surface area (Å²) in [5.74, 6) is -0.635. The lowest BCUT2D eigenvalue weighted by Gasteiger charge is -2.27. The first kappa shape index (κ1) is 24.9. The van der Waals surface area contributed by atoms with Crippen LogP contribution in [0.3, 0.4) is 0 Å². The third-order valence-electron chi connectivity index (χ3n) is 6.49. The molecule has 0 aliphatic rings. The second kappa shape index (κ2) is 9.94. The summed E-state index contributed by atoms with van der Waals surface area (Å²) in [6.45, 7) is 3.92. The van der Waals surface area contributed by atoms with Gasteiger partial charge in [0, 0.05) is 29.9 Å². The minimum atomic E-state index is -0.565. The van der Waals surface area contributed by atoms with Gasteiger partial charge in [0.15, 0.2) is 0 Å². The summed E-state index contributed by atoms with van der Waals surface area (Å²) in [5.41, 5.74) is 3.56. The van der Waals surface area contributed by atoms with Gasteiger partial charge in [-0.05, 0) is 67.4 Å². The van der Waals surface area contributed by atoms with Crippen molar-refractivity contribution in [2.45, 2.75) is 19.4 Å². The zero-order valence-electron chi connectivity index (χ0n) is 21.2. The number of hydrogen-bond acceptors (Lipinski definition) is 4. The minimum absolute atomic E-state index is 0.206. The number of nitrogens with one attached hydrogen (secondary N) is 2. The zero-order valence-corrected chi connectivity index (χ0v) is 21.2. The predicted molar refractivity (Wildman–Crippen MR) is 145 cm³/mol. The van der Waals surface area contributed by atoms with Crippen LogP contribution >= 0.6 is 0 Å². The number of aromatic nitrogens is 1. The molecule has 0 atom stereocenters. The van der Waals surface area contributed by atoms with Crippen molar-refractivity contribution in [3.8, 4) is 22.5 Å². The number of furan rings is 1. The average Bonchev–Trinajstić information content (AvgIpc) is 3.32. The molecule has 0 fully saturated rings. The first-order valence-corrected chi connectivity index (χ1v) is 12.2. The van der Waals surface area contributed by atoms with Gasteiger partial charge >= 0.3 is 0 Å². The van der Waals surface area contributed by atoms with Gasteiger partial charge in [0.25, 0.3) is 11.8 Å². The van der Waals surface area contributed by atoms with Crippen LogP contribution in [0.4, 0.5) is 4.39 Å². The predicted octanol–water partition coefficient (Wildman–Crippen LogP) is 6.33. The lowest BCUT2D eigenvalue weighted by Crippen LogP contribution is -2.40. The number of amides is 2. The monoisotopic (exact) mass is 507 g/mol. The van der Waals surface area contributed by atoms with Crippen LogP contribution in [-0.4, -0.2) is 23.8 Å². The van der Waals surface area contributed by atoms with Crippen molar-refractivity contribution in [1.29, 1.82) is 0 Å². The molecule has 5 rings (SSSR count). The number of benzene rings is 3. The van der Waals surface area contributed by atoms with E-state index < -0.39 is 5.54 Å². The Morgan fingerprint density at radius 2 is 1.58 bits per heavy atom. The van der Waals surface area contributed by atoms with Crippen LogP contribution in [0.5, 0.6) is 0 Å². The van der Waals surface area contributed by atoms with Crippen LogP contribution in [0, 0.1) is 5.82 Å². The third kappa shape index (κ3) is 4.78. The van der Waals surface area contributed by atoms with Crippen molar-refractivity contribution >= 4 is 22.9 Å². The second-order valence-electron chi connectivity index (χ2n) is 9.49. The van der Waals surface area contributed by atoms with Gasteiger partial charge in [0.1, 0.15) is 11.6 Å². The van der Waals surface area contributed by atoms with E-state index in [1.54, 1.807) is 30.5 Å². The summed E-state index contributed by atoms with van der Waals surface area (Å²) in [4.78, 5) is 30.5. The Morgan fingerprint density at radius 1 is 0.842 bits per heavy atom. The number of carbonyl (C=O) groups is 2. The lowest BCUT2D eigenvalue weighted by atomic mass is 9.93. The Balaban J connectivity index is 1.52. The maximum atomic E-state index is 13.5. The summed E-state index contributed by atoms with van der Waals surface area (Å²) in [6.07, 6.45) is 1.64. The fourth-order valence-corrected chi connectivity index (χ4v) is 4.42. The summed E-state index contributed by atoms with van der Waals surface area (Å²) >= 11 is 0. The summed E-state index contributed by atoms with van der Waals surface area (Å²) in [6, 6.07) is 24.6. The summed E-state index contributed by atoms with van der Waals surface area (Å²) in [5, 5.41) is 6.27.